The summed E-state index contributed by atoms with van der Waals surface area (Å²) in [6.45, 7) is 6.38. The van der Waals surface area contributed by atoms with Gasteiger partial charge in [0.15, 0.2) is 0 Å². The molecule has 2 aliphatic heterocycles. The first-order chi connectivity index (χ1) is 8.30. The zero-order chi connectivity index (χ0) is 11.7. The van der Waals surface area contributed by atoms with E-state index in [2.05, 4.69) is 21.8 Å². The molecule has 0 saturated carbocycles. The summed E-state index contributed by atoms with van der Waals surface area (Å²) in [7, 11) is 0. The van der Waals surface area contributed by atoms with Crippen LogP contribution in [-0.4, -0.2) is 42.5 Å². The number of hydrogen-bond donors (Lipinski definition) is 1. The monoisotopic (exact) mass is 237 g/mol. The van der Waals surface area contributed by atoms with Crippen LogP contribution in [0.5, 0.6) is 0 Å². The molecular formula is C12H19N3O2. The van der Waals surface area contributed by atoms with Crippen molar-refractivity contribution < 1.29 is 9.47 Å². The molecule has 0 spiro atoms. The molecule has 0 aliphatic carbocycles. The van der Waals surface area contributed by atoms with Crippen LogP contribution in [0.4, 0.5) is 0 Å². The van der Waals surface area contributed by atoms with Crippen LogP contribution in [0.15, 0.2) is 12.5 Å². The molecule has 17 heavy (non-hydrogen) atoms. The van der Waals surface area contributed by atoms with Crippen LogP contribution in [-0.2, 0) is 15.0 Å². The first-order valence-electron chi connectivity index (χ1n) is 6.22. The van der Waals surface area contributed by atoms with Crippen molar-refractivity contribution in [3.05, 3.63) is 18.2 Å². The molecule has 2 unspecified atom stereocenters. The van der Waals surface area contributed by atoms with Crippen molar-refractivity contribution in [2.45, 2.75) is 25.0 Å². The molecule has 3 heterocycles. The molecule has 0 aromatic carbocycles. The Hall–Kier alpha value is -0.910. The highest BCUT2D eigenvalue weighted by Crippen LogP contribution is 2.31. The minimum Gasteiger partial charge on any atom is -0.379 e. The molecule has 2 fully saturated rings. The van der Waals surface area contributed by atoms with E-state index in [-0.39, 0.29) is 11.6 Å². The van der Waals surface area contributed by atoms with Crippen molar-refractivity contribution in [2.75, 3.05) is 32.9 Å². The maximum absolute atomic E-state index is 5.80. The zero-order valence-corrected chi connectivity index (χ0v) is 10.2. The van der Waals surface area contributed by atoms with E-state index in [0.29, 0.717) is 0 Å². The molecule has 5 heteroatoms. The summed E-state index contributed by atoms with van der Waals surface area (Å²) in [4.78, 5) is 4.29. The lowest BCUT2D eigenvalue weighted by atomic mass is 10.0. The van der Waals surface area contributed by atoms with E-state index in [9.17, 15) is 0 Å². The first-order valence-corrected chi connectivity index (χ1v) is 6.22. The van der Waals surface area contributed by atoms with Crippen molar-refractivity contribution in [1.29, 1.82) is 0 Å². The van der Waals surface area contributed by atoms with Gasteiger partial charge in [0.1, 0.15) is 6.10 Å². The van der Waals surface area contributed by atoms with Gasteiger partial charge in [-0.25, -0.2) is 4.98 Å². The first kappa shape index (κ1) is 11.2. The molecule has 2 aliphatic rings. The average Bonchev–Trinajstić information content (AvgIpc) is 2.99. The fraction of sp³-hybridized carbons (Fsp3) is 0.750. The minimum absolute atomic E-state index is 0.0344. The van der Waals surface area contributed by atoms with Gasteiger partial charge in [0.25, 0.3) is 0 Å². The number of ether oxygens (including phenoxy) is 2. The van der Waals surface area contributed by atoms with Crippen molar-refractivity contribution in [1.82, 2.24) is 14.9 Å². The Labute approximate surface area is 101 Å². The van der Waals surface area contributed by atoms with Crippen LogP contribution in [0.3, 0.4) is 0 Å². The minimum atomic E-state index is 0.0344. The van der Waals surface area contributed by atoms with Crippen molar-refractivity contribution in [3.8, 4) is 0 Å². The van der Waals surface area contributed by atoms with E-state index >= 15 is 0 Å². The Morgan fingerprint density at radius 3 is 3.18 bits per heavy atom. The smallest absolute Gasteiger partial charge is 0.111 e. The third-order valence-corrected chi connectivity index (χ3v) is 3.70. The number of nitrogens with one attached hydrogen (secondary N) is 1. The number of morpholine rings is 1. The zero-order valence-electron chi connectivity index (χ0n) is 10.2. The highest BCUT2D eigenvalue weighted by molar-refractivity contribution is 5.09. The summed E-state index contributed by atoms with van der Waals surface area (Å²) in [5.41, 5.74) is 1.19. The average molecular weight is 237 g/mol. The molecular weight excluding hydrogens is 218 g/mol. The van der Waals surface area contributed by atoms with Crippen LogP contribution in [0.1, 0.15) is 25.1 Å². The fourth-order valence-electron chi connectivity index (χ4n) is 2.60. The normalized spacial score (nSPS) is 34.1. The number of rotatable bonds is 2. The van der Waals surface area contributed by atoms with Crippen LogP contribution < -0.4 is 5.32 Å². The van der Waals surface area contributed by atoms with E-state index in [1.807, 2.05) is 12.5 Å². The summed E-state index contributed by atoms with van der Waals surface area (Å²) >= 11 is 0. The van der Waals surface area contributed by atoms with Gasteiger partial charge in [-0.1, -0.05) is 0 Å². The Morgan fingerprint density at radius 1 is 1.53 bits per heavy atom. The van der Waals surface area contributed by atoms with Gasteiger partial charge < -0.3 is 19.4 Å². The lowest BCUT2D eigenvalue weighted by Crippen LogP contribution is -2.37. The summed E-state index contributed by atoms with van der Waals surface area (Å²) in [5.74, 6) is 0. The van der Waals surface area contributed by atoms with Crippen LogP contribution in [0.2, 0.25) is 0 Å². The number of nitrogens with zero attached hydrogens (tertiary/aromatic N) is 2. The number of aromatic nitrogens is 2. The molecule has 0 bridgehead atoms. The lowest BCUT2D eigenvalue weighted by molar-refractivity contribution is 0.0194. The second-order valence-corrected chi connectivity index (χ2v) is 5.05. The van der Waals surface area contributed by atoms with Crippen LogP contribution >= 0.6 is 0 Å². The molecule has 1 aromatic rings. The fourth-order valence-corrected chi connectivity index (χ4v) is 2.60. The quantitative estimate of drug-likeness (QED) is 0.821. The van der Waals surface area contributed by atoms with Gasteiger partial charge in [-0.15, -0.1) is 0 Å². The Balaban J connectivity index is 1.87. The maximum atomic E-state index is 5.80. The molecule has 0 amide bonds. The van der Waals surface area contributed by atoms with Gasteiger partial charge in [-0.05, 0) is 13.3 Å². The second kappa shape index (κ2) is 4.40. The molecule has 3 rings (SSSR count). The Morgan fingerprint density at radius 2 is 2.47 bits per heavy atom. The number of imidazole rings is 1. The van der Waals surface area contributed by atoms with Crippen molar-refractivity contribution in [3.63, 3.8) is 0 Å². The Bertz CT molecular complexity index is 379. The van der Waals surface area contributed by atoms with E-state index in [1.165, 1.54) is 0 Å². The summed E-state index contributed by atoms with van der Waals surface area (Å²) in [6.07, 6.45) is 4.98. The van der Waals surface area contributed by atoms with E-state index in [4.69, 9.17) is 9.47 Å². The molecule has 94 valence electrons. The maximum Gasteiger partial charge on any atom is 0.111 e. The molecule has 2 atom stereocenters. The van der Waals surface area contributed by atoms with Crippen LogP contribution in [0.25, 0.3) is 0 Å². The molecule has 0 radical (unpaired) electrons. The van der Waals surface area contributed by atoms with E-state index in [0.717, 1.165) is 45.0 Å². The van der Waals surface area contributed by atoms with Gasteiger partial charge in [-0.3, -0.25) is 0 Å². The molecule has 2 saturated heterocycles. The third kappa shape index (κ3) is 1.99. The van der Waals surface area contributed by atoms with E-state index < -0.39 is 0 Å². The van der Waals surface area contributed by atoms with Crippen molar-refractivity contribution in [2.24, 2.45) is 0 Å². The highest BCUT2D eigenvalue weighted by Gasteiger charge is 2.34. The second-order valence-electron chi connectivity index (χ2n) is 5.05. The van der Waals surface area contributed by atoms with E-state index in [1.54, 1.807) is 0 Å². The largest absolute Gasteiger partial charge is 0.379 e. The van der Waals surface area contributed by atoms with Gasteiger partial charge in [0.05, 0.1) is 37.0 Å². The van der Waals surface area contributed by atoms with Gasteiger partial charge in [-0.2, -0.15) is 0 Å². The SMILES string of the molecule is CC1(n2cncc2C2CNCCO2)CCOC1. The van der Waals surface area contributed by atoms with Gasteiger partial charge in [0.2, 0.25) is 0 Å². The lowest BCUT2D eigenvalue weighted by Gasteiger charge is -2.31. The van der Waals surface area contributed by atoms with Crippen molar-refractivity contribution >= 4 is 0 Å². The highest BCUT2D eigenvalue weighted by atomic mass is 16.5. The number of hydrogen-bond acceptors (Lipinski definition) is 4. The third-order valence-electron chi connectivity index (χ3n) is 3.70. The van der Waals surface area contributed by atoms with Crippen LogP contribution in [0, 0.1) is 0 Å². The Kier molecular flexibility index (Phi) is 2.90. The summed E-state index contributed by atoms with van der Waals surface area (Å²) in [6, 6.07) is 0. The predicted octanol–water partition coefficient (Wildman–Crippen LogP) is 0.679. The van der Waals surface area contributed by atoms with Gasteiger partial charge >= 0.3 is 0 Å². The topological polar surface area (TPSA) is 48.3 Å². The molecule has 1 N–H and O–H groups in total. The molecule has 1 aromatic heterocycles. The van der Waals surface area contributed by atoms with Gasteiger partial charge in [0, 0.05) is 19.7 Å². The standard InChI is InChI=1S/C12H19N3O2/c1-12(2-4-16-8-12)15-9-14-6-10(15)11-7-13-3-5-17-11/h6,9,11,13H,2-5,7-8H2,1H3. The predicted molar refractivity (Wildman–Crippen MR) is 62.9 cm³/mol. The summed E-state index contributed by atoms with van der Waals surface area (Å²) < 4.78 is 13.6. The summed E-state index contributed by atoms with van der Waals surface area (Å²) in [5, 5.41) is 3.36. The molecule has 5 nitrogen and oxygen atoms in total.